The van der Waals surface area contributed by atoms with Gasteiger partial charge in [0.1, 0.15) is 5.70 Å². The van der Waals surface area contributed by atoms with Crippen LogP contribution in [0.3, 0.4) is 0 Å². The average molecular weight is 472 g/mol. The monoisotopic (exact) mass is 472 g/mol. The summed E-state index contributed by atoms with van der Waals surface area (Å²) in [5.74, 6) is -0.0602. The first-order chi connectivity index (χ1) is 16.9. The van der Waals surface area contributed by atoms with Crippen molar-refractivity contribution in [1.29, 1.82) is 0 Å². The van der Waals surface area contributed by atoms with Gasteiger partial charge in [0.25, 0.3) is 17.5 Å². The molecule has 0 fully saturated rings. The van der Waals surface area contributed by atoms with Gasteiger partial charge in [-0.1, -0.05) is 36.4 Å². The van der Waals surface area contributed by atoms with Crippen LogP contribution in [0.5, 0.6) is 11.5 Å². The number of hydrogen-bond donors (Lipinski definition) is 2. The number of carbonyl (C=O) groups excluding carboxylic acids is 2. The van der Waals surface area contributed by atoms with E-state index in [0.29, 0.717) is 33.9 Å². The summed E-state index contributed by atoms with van der Waals surface area (Å²) in [6, 6.07) is 19.4. The summed E-state index contributed by atoms with van der Waals surface area (Å²) >= 11 is 0. The Hall–Kier alpha value is -4.99. The van der Waals surface area contributed by atoms with Crippen molar-refractivity contribution in [3.8, 4) is 11.5 Å². The Morgan fingerprint density at radius 3 is 2.49 bits per heavy atom. The van der Waals surface area contributed by atoms with Crippen LogP contribution in [0.2, 0.25) is 0 Å². The number of non-ortho nitro benzene ring substituents is 1. The van der Waals surface area contributed by atoms with E-state index in [0.717, 1.165) is 0 Å². The van der Waals surface area contributed by atoms with E-state index >= 15 is 0 Å². The molecule has 0 atom stereocenters. The molecule has 2 amide bonds. The number of hydrogen-bond acceptors (Lipinski definition) is 7. The van der Waals surface area contributed by atoms with E-state index < -0.39 is 16.7 Å². The van der Waals surface area contributed by atoms with E-state index in [9.17, 15) is 19.7 Å². The predicted octanol–water partition coefficient (Wildman–Crippen LogP) is 3.63. The smallest absolute Gasteiger partial charge is 0.287 e. The van der Waals surface area contributed by atoms with Crippen LogP contribution in [-0.4, -0.2) is 29.2 Å². The van der Waals surface area contributed by atoms with Gasteiger partial charge in [0.05, 0.1) is 10.6 Å². The van der Waals surface area contributed by atoms with E-state index in [1.165, 1.54) is 24.3 Å². The minimum Gasteiger partial charge on any atom is -0.454 e. The van der Waals surface area contributed by atoms with Crippen LogP contribution in [0.15, 0.2) is 83.6 Å². The van der Waals surface area contributed by atoms with Crippen molar-refractivity contribution >= 4 is 29.3 Å². The lowest BCUT2D eigenvalue weighted by molar-refractivity contribution is -0.384. The summed E-state index contributed by atoms with van der Waals surface area (Å²) in [6.45, 7) is 1.70. The highest BCUT2D eigenvalue weighted by atomic mass is 16.7. The third-order valence-electron chi connectivity index (χ3n) is 5.04. The van der Waals surface area contributed by atoms with Crippen LogP contribution in [0.25, 0.3) is 6.08 Å². The second-order valence-electron chi connectivity index (χ2n) is 7.44. The molecule has 0 radical (unpaired) electrons. The van der Waals surface area contributed by atoms with Crippen molar-refractivity contribution in [3.05, 3.63) is 105 Å². The lowest BCUT2D eigenvalue weighted by Gasteiger charge is -2.10. The van der Waals surface area contributed by atoms with Crippen LogP contribution < -0.4 is 20.2 Å². The topological polar surface area (TPSA) is 132 Å². The Balaban J connectivity index is 1.59. The van der Waals surface area contributed by atoms with Gasteiger partial charge in [-0.15, -0.1) is 0 Å². The average Bonchev–Trinajstić information content (AvgIpc) is 3.35. The van der Waals surface area contributed by atoms with Crippen molar-refractivity contribution in [2.24, 2.45) is 5.10 Å². The van der Waals surface area contributed by atoms with E-state index in [1.807, 2.05) is 0 Å². The number of carbonyl (C=O) groups is 2. The van der Waals surface area contributed by atoms with Gasteiger partial charge in [0.2, 0.25) is 6.79 Å². The normalized spacial score (nSPS) is 12.7. The van der Waals surface area contributed by atoms with Gasteiger partial charge < -0.3 is 14.8 Å². The molecule has 176 valence electrons. The van der Waals surface area contributed by atoms with Crippen molar-refractivity contribution in [2.45, 2.75) is 6.92 Å². The predicted molar refractivity (Wildman–Crippen MR) is 128 cm³/mol. The molecular formula is C25H20N4O6. The summed E-state index contributed by atoms with van der Waals surface area (Å²) in [4.78, 5) is 36.2. The lowest BCUT2D eigenvalue weighted by Crippen LogP contribution is -2.33. The number of hydrazone groups is 1. The highest BCUT2D eigenvalue weighted by Gasteiger charge is 2.17. The minimum absolute atomic E-state index is 0.0617. The lowest BCUT2D eigenvalue weighted by atomic mass is 10.1. The highest BCUT2D eigenvalue weighted by molar-refractivity contribution is 6.06. The van der Waals surface area contributed by atoms with E-state index in [1.54, 1.807) is 61.5 Å². The van der Waals surface area contributed by atoms with Gasteiger partial charge in [-0.3, -0.25) is 19.7 Å². The molecule has 1 heterocycles. The van der Waals surface area contributed by atoms with Gasteiger partial charge in [0, 0.05) is 23.3 Å². The zero-order valence-electron chi connectivity index (χ0n) is 18.6. The number of benzene rings is 3. The van der Waals surface area contributed by atoms with Crippen molar-refractivity contribution in [2.75, 3.05) is 6.79 Å². The van der Waals surface area contributed by atoms with Crippen LogP contribution in [-0.2, 0) is 4.79 Å². The summed E-state index contributed by atoms with van der Waals surface area (Å²) < 4.78 is 10.7. The third-order valence-corrected chi connectivity index (χ3v) is 5.04. The molecule has 0 spiro atoms. The molecule has 3 aromatic carbocycles. The molecule has 0 unspecified atom stereocenters. The third kappa shape index (κ3) is 5.69. The number of fused-ring (bicyclic) bond motifs is 1. The molecule has 0 aliphatic carbocycles. The first-order valence-electron chi connectivity index (χ1n) is 10.5. The Kier molecular flexibility index (Phi) is 6.82. The minimum atomic E-state index is -0.684. The standard InChI is InChI=1S/C25H20N4O6/c1-16(19-8-5-9-20(14-19)29(32)33)27-28-25(31)21(26-24(30)18-6-3-2-4-7-18)12-17-10-11-22-23(13-17)35-15-34-22/h2-14H,15H2,1H3,(H,26,30)(H,28,31)/b21-12+,27-16-. The quantitative estimate of drug-likeness (QED) is 0.234. The number of nitro groups is 1. The molecule has 1 aliphatic heterocycles. The summed E-state index contributed by atoms with van der Waals surface area (Å²) in [6.07, 6.45) is 1.48. The number of nitrogens with one attached hydrogen (secondary N) is 2. The first-order valence-corrected chi connectivity index (χ1v) is 10.5. The van der Waals surface area contributed by atoms with E-state index in [4.69, 9.17) is 9.47 Å². The van der Waals surface area contributed by atoms with Crippen molar-refractivity contribution in [3.63, 3.8) is 0 Å². The molecule has 1 aliphatic rings. The number of rotatable bonds is 7. The molecule has 0 bridgehead atoms. The van der Waals surface area contributed by atoms with E-state index in [2.05, 4.69) is 15.8 Å². The number of nitro benzene ring substituents is 1. The fraction of sp³-hybridized carbons (Fsp3) is 0.0800. The zero-order chi connectivity index (χ0) is 24.8. The second kappa shape index (κ2) is 10.3. The maximum atomic E-state index is 13.0. The van der Waals surface area contributed by atoms with Crippen LogP contribution in [0.1, 0.15) is 28.4 Å². The zero-order valence-corrected chi connectivity index (χ0v) is 18.6. The molecule has 0 aromatic heterocycles. The van der Waals surface area contributed by atoms with E-state index in [-0.39, 0.29) is 18.2 Å². The van der Waals surface area contributed by atoms with Gasteiger partial charge in [-0.2, -0.15) is 5.10 Å². The molecular weight excluding hydrogens is 452 g/mol. The molecule has 10 heteroatoms. The SMILES string of the molecule is C/C(=N/NC(=O)/C(=C\c1ccc2c(c1)OCO2)NC(=O)c1ccccc1)c1cccc([N+](=O)[O-])c1. The Morgan fingerprint density at radius 2 is 1.71 bits per heavy atom. The second-order valence-corrected chi connectivity index (χ2v) is 7.44. The molecule has 4 rings (SSSR count). The summed E-state index contributed by atoms with van der Waals surface area (Å²) in [7, 11) is 0. The van der Waals surface area contributed by atoms with Gasteiger partial charge in [0.15, 0.2) is 11.5 Å². The molecule has 3 aromatic rings. The number of nitrogens with zero attached hydrogens (tertiary/aromatic N) is 2. The highest BCUT2D eigenvalue weighted by Crippen LogP contribution is 2.33. The Morgan fingerprint density at radius 1 is 0.971 bits per heavy atom. The van der Waals surface area contributed by atoms with Crippen LogP contribution in [0, 0.1) is 10.1 Å². The van der Waals surface area contributed by atoms with Gasteiger partial charge in [-0.25, -0.2) is 5.43 Å². The molecule has 35 heavy (non-hydrogen) atoms. The van der Waals surface area contributed by atoms with Crippen LogP contribution in [0.4, 0.5) is 5.69 Å². The number of amides is 2. The largest absolute Gasteiger partial charge is 0.454 e. The van der Waals surface area contributed by atoms with Crippen molar-refractivity contribution < 1.29 is 24.0 Å². The fourth-order valence-electron chi connectivity index (χ4n) is 3.22. The Bertz CT molecular complexity index is 1350. The van der Waals surface area contributed by atoms with Crippen molar-refractivity contribution in [1.82, 2.24) is 10.7 Å². The van der Waals surface area contributed by atoms with Gasteiger partial charge >= 0.3 is 0 Å². The Labute approximate surface area is 200 Å². The number of ether oxygens (including phenoxy) is 2. The molecule has 10 nitrogen and oxygen atoms in total. The van der Waals surface area contributed by atoms with Crippen LogP contribution >= 0.6 is 0 Å². The fourth-order valence-corrected chi connectivity index (χ4v) is 3.22. The molecule has 0 saturated carbocycles. The molecule has 0 saturated heterocycles. The van der Waals surface area contributed by atoms with Gasteiger partial charge in [-0.05, 0) is 42.8 Å². The maximum absolute atomic E-state index is 13.0. The maximum Gasteiger partial charge on any atom is 0.287 e. The summed E-state index contributed by atoms with van der Waals surface area (Å²) in [5.41, 5.74) is 4.01. The summed E-state index contributed by atoms with van der Waals surface area (Å²) in [5, 5.41) is 17.7. The molecule has 2 N–H and O–H groups in total. The first kappa shape index (κ1) is 23.2.